The smallest absolute Gasteiger partial charge is 0.382 e. The molecule has 1 aliphatic heterocycles. The molecule has 0 saturated carbocycles. The minimum Gasteiger partial charge on any atom is -0.382 e. The first-order valence-electron chi connectivity index (χ1n) is 12.0. The first-order valence-corrected chi connectivity index (χ1v) is 12.0. The maximum absolute atomic E-state index is 13.1. The fraction of sp³-hybridized carbons (Fsp3) is 0.440. The second-order valence-electron chi connectivity index (χ2n) is 8.61. The molecule has 3 N–H and O–H groups in total. The molecule has 1 heterocycles. The van der Waals surface area contributed by atoms with Crippen LogP contribution in [0.15, 0.2) is 36.4 Å². The van der Waals surface area contributed by atoms with Gasteiger partial charge in [-0.05, 0) is 62.6 Å². The summed E-state index contributed by atoms with van der Waals surface area (Å²) in [4.78, 5) is 27.4. The van der Waals surface area contributed by atoms with Gasteiger partial charge in [-0.3, -0.25) is 4.79 Å². The number of alkyl halides is 6. The molecule has 0 bridgehead atoms. The molecular weight excluding hydrogens is 518 g/mol. The van der Waals surface area contributed by atoms with Crippen LogP contribution in [0.5, 0.6) is 0 Å². The number of amides is 3. The minimum atomic E-state index is -5.05. The highest BCUT2D eigenvalue weighted by Crippen LogP contribution is 2.37. The van der Waals surface area contributed by atoms with Crippen LogP contribution in [-0.4, -0.2) is 44.8 Å². The van der Waals surface area contributed by atoms with Gasteiger partial charge in [0.2, 0.25) is 0 Å². The number of urea groups is 1. The molecule has 0 atom stereocenters. The molecule has 0 unspecified atom stereocenters. The van der Waals surface area contributed by atoms with E-state index in [2.05, 4.69) is 10.6 Å². The molecule has 7 nitrogen and oxygen atoms in total. The zero-order valence-corrected chi connectivity index (χ0v) is 20.6. The second-order valence-corrected chi connectivity index (χ2v) is 8.61. The van der Waals surface area contributed by atoms with Gasteiger partial charge in [0.05, 0.1) is 16.7 Å². The van der Waals surface area contributed by atoms with E-state index < -0.39 is 35.2 Å². The maximum Gasteiger partial charge on any atom is 0.416 e. The fourth-order valence-electron chi connectivity index (χ4n) is 3.97. The van der Waals surface area contributed by atoms with E-state index in [0.717, 1.165) is 25.9 Å². The second kappa shape index (κ2) is 12.4. The lowest BCUT2D eigenvalue weighted by molar-refractivity contribution is -0.143. The number of ether oxygens (including phenoxy) is 1. The molecule has 0 aromatic heterocycles. The Bertz CT molecular complexity index is 1100. The fourth-order valence-corrected chi connectivity index (χ4v) is 3.97. The Labute approximate surface area is 215 Å². The van der Waals surface area contributed by atoms with Gasteiger partial charge in [-0.25, -0.2) is 4.79 Å². The monoisotopic (exact) mass is 546 g/mol. The first-order chi connectivity index (χ1) is 17.9. The lowest BCUT2D eigenvalue weighted by Gasteiger charge is -2.22. The summed E-state index contributed by atoms with van der Waals surface area (Å²) in [5, 5.41) is 7.18. The number of carbonyl (C=O) groups is 2. The molecular formula is C25H28F6N4O3. The van der Waals surface area contributed by atoms with Gasteiger partial charge in [-0.2, -0.15) is 26.3 Å². The van der Waals surface area contributed by atoms with E-state index in [1.54, 1.807) is 6.07 Å². The van der Waals surface area contributed by atoms with Crippen molar-refractivity contribution in [3.05, 3.63) is 53.1 Å². The molecule has 0 spiro atoms. The molecule has 38 heavy (non-hydrogen) atoms. The summed E-state index contributed by atoms with van der Waals surface area (Å²) in [7, 11) is 0. The van der Waals surface area contributed by atoms with E-state index in [9.17, 15) is 35.9 Å². The number of hydrogen-bond acceptors (Lipinski definition) is 4. The number of rotatable bonds is 9. The third-order valence-corrected chi connectivity index (χ3v) is 5.75. The average Bonchev–Trinajstić information content (AvgIpc) is 3.37. The van der Waals surface area contributed by atoms with Gasteiger partial charge in [-0.1, -0.05) is 0 Å². The van der Waals surface area contributed by atoms with Crippen molar-refractivity contribution in [3.8, 4) is 0 Å². The topological polar surface area (TPSA) is 82.7 Å². The predicted octanol–water partition coefficient (Wildman–Crippen LogP) is 6.12. The van der Waals surface area contributed by atoms with E-state index in [1.165, 1.54) is 12.1 Å². The van der Waals surface area contributed by atoms with E-state index in [4.69, 9.17) is 4.74 Å². The molecule has 208 valence electrons. The summed E-state index contributed by atoms with van der Waals surface area (Å²) in [6.45, 7) is 4.74. The van der Waals surface area contributed by atoms with Crippen LogP contribution in [-0.2, 0) is 17.1 Å². The van der Waals surface area contributed by atoms with Crippen molar-refractivity contribution in [1.29, 1.82) is 0 Å². The van der Waals surface area contributed by atoms with Crippen LogP contribution in [0.3, 0.4) is 0 Å². The van der Waals surface area contributed by atoms with Gasteiger partial charge in [0.1, 0.15) is 0 Å². The molecule has 0 aliphatic carbocycles. The number of carbonyl (C=O) groups excluding carboxylic acids is 2. The molecule has 1 aliphatic rings. The van der Waals surface area contributed by atoms with Crippen molar-refractivity contribution in [3.63, 3.8) is 0 Å². The normalized spacial score (nSPS) is 13.9. The Hall–Kier alpha value is -3.48. The Morgan fingerprint density at radius 1 is 0.895 bits per heavy atom. The number of halogens is 6. The maximum atomic E-state index is 13.1. The Kier molecular flexibility index (Phi) is 9.47. The Morgan fingerprint density at radius 3 is 2.08 bits per heavy atom. The van der Waals surface area contributed by atoms with Crippen LogP contribution >= 0.6 is 0 Å². The van der Waals surface area contributed by atoms with Crippen molar-refractivity contribution in [1.82, 2.24) is 5.32 Å². The SMILES string of the molecule is CCOCCCNC(=O)c1cc(NC(=O)Nc2cc(C(F)(F)F)cc(C(F)(F)F)c2)ccc1N1CCCC1. The van der Waals surface area contributed by atoms with Gasteiger partial charge in [0.15, 0.2) is 0 Å². The van der Waals surface area contributed by atoms with Crippen molar-refractivity contribution >= 4 is 29.0 Å². The summed E-state index contributed by atoms with van der Waals surface area (Å²) in [6.07, 6.45) is -7.60. The van der Waals surface area contributed by atoms with Gasteiger partial charge in [-0.15, -0.1) is 0 Å². The number of hydrogen-bond donors (Lipinski definition) is 3. The summed E-state index contributed by atoms with van der Waals surface area (Å²) < 4.78 is 83.9. The van der Waals surface area contributed by atoms with Crippen LogP contribution in [0.4, 0.5) is 48.2 Å². The Morgan fingerprint density at radius 2 is 1.50 bits per heavy atom. The molecule has 3 rings (SSSR count). The quantitative estimate of drug-likeness (QED) is 0.261. The van der Waals surface area contributed by atoms with Crippen molar-refractivity contribution < 1.29 is 40.7 Å². The zero-order valence-electron chi connectivity index (χ0n) is 20.6. The van der Waals surface area contributed by atoms with E-state index in [0.29, 0.717) is 44.0 Å². The predicted molar refractivity (Wildman–Crippen MR) is 130 cm³/mol. The molecule has 3 amide bonds. The van der Waals surface area contributed by atoms with Gasteiger partial charge < -0.3 is 25.6 Å². The third kappa shape index (κ3) is 8.01. The van der Waals surface area contributed by atoms with Gasteiger partial charge >= 0.3 is 18.4 Å². The highest BCUT2D eigenvalue weighted by atomic mass is 19.4. The van der Waals surface area contributed by atoms with Crippen molar-refractivity contribution in [2.75, 3.05) is 48.4 Å². The van der Waals surface area contributed by atoms with Gasteiger partial charge in [0, 0.05) is 49.9 Å². The Balaban J connectivity index is 1.79. The molecule has 1 fully saturated rings. The van der Waals surface area contributed by atoms with Crippen LogP contribution in [0, 0.1) is 0 Å². The number of anilines is 3. The average molecular weight is 547 g/mol. The van der Waals surface area contributed by atoms with Crippen LogP contribution < -0.4 is 20.9 Å². The summed E-state index contributed by atoms with van der Waals surface area (Å²) in [5.41, 5.74) is -2.73. The molecule has 2 aromatic carbocycles. The standard InChI is InChI=1S/C25H28F6N4O3/c1-2-38-11-5-8-32-22(36)20-15-18(6-7-21(20)35-9-3-4-10-35)33-23(37)34-19-13-16(24(26,27)28)12-17(14-19)25(29,30)31/h6-7,12-15H,2-5,8-11H2,1H3,(H,32,36)(H2,33,34,37). The number of benzene rings is 2. The van der Waals surface area contributed by atoms with E-state index in [-0.39, 0.29) is 23.2 Å². The van der Waals surface area contributed by atoms with E-state index >= 15 is 0 Å². The summed E-state index contributed by atoms with van der Waals surface area (Å²) in [6, 6.07) is 4.28. The van der Waals surface area contributed by atoms with Crippen molar-refractivity contribution in [2.45, 2.75) is 38.5 Å². The summed E-state index contributed by atoms with van der Waals surface area (Å²) in [5.74, 6) is -0.389. The molecule has 13 heteroatoms. The molecule has 2 aromatic rings. The lowest BCUT2D eigenvalue weighted by Crippen LogP contribution is -2.29. The lowest BCUT2D eigenvalue weighted by atomic mass is 10.1. The summed E-state index contributed by atoms with van der Waals surface area (Å²) >= 11 is 0. The van der Waals surface area contributed by atoms with Crippen LogP contribution in [0.1, 0.15) is 47.7 Å². The first kappa shape index (κ1) is 29.1. The number of nitrogens with zero attached hydrogens (tertiary/aromatic N) is 1. The van der Waals surface area contributed by atoms with E-state index in [1.807, 2.05) is 17.1 Å². The van der Waals surface area contributed by atoms with Crippen LogP contribution in [0.2, 0.25) is 0 Å². The third-order valence-electron chi connectivity index (χ3n) is 5.75. The van der Waals surface area contributed by atoms with Gasteiger partial charge in [0.25, 0.3) is 5.91 Å². The van der Waals surface area contributed by atoms with Crippen LogP contribution in [0.25, 0.3) is 0 Å². The van der Waals surface area contributed by atoms with Crippen molar-refractivity contribution in [2.24, 2.45) is 0 Å². The minimum absolute atomic E-state index is 0.0283. The number of nitrogens with one attached hydrogen (secondary N) is 3. The molecule has 0 radical (unpaired) electrons. The zero-order chi connectivity index (χ0) is 27.9. The highest BCUT2D eigenvalue weighted by Gasteiger charge is 2.37. The highest BCUT2D eigenvalue weighted by molar-refractivity contribution is 6.04. The molecule has 1 saturated heterocycles. The largest absolute Gasteiger partial charge is 0.416 e.